The zero-order chi connectivity index (χ0) is 11.1. The van der Waals surface area contributed by atoms with Crippen molar-refractivity contribution < 1.29 is 9.47 Å². The first-order valence-corrected chi connectivity index (χ1v) is 6.30. The van der Waals surface area contributed by atoms with Crippen molar-refractivity contribution in [2.45, 2.75) is 58.2 Å². The molecule has 0 bridgehead atoms. The molecule has 2 nitrogen and oxygen atoms in total. The maximum absolute atomic E-state index is 5.80. The van der Waals surface area contributed by atoms with Crippen LogP contribution in [-0.4, -0.2) is 25.4 Å². The highest BCUT2D eigenvalue weighted by Gasteiger charge is 2.26. The normalized spacial score (nSPS) is 24.6. The fourth-order valence-corrected chi connectivity index (χ4v) is 1.93. The first-order valence-electron chi connectivity index (χ1n) is 6.30. The van der Waals surface area contributed by atoms with Crippen molar-refractivity contribution in [3.05, 3.63) is 6.92 Å². The summed E-state index contributed by atoms with van der Waals surface area (Å²) in [6.07, 6.45) is 6.36. The molecule has 0 saturated carbocycles. The van der Waals surface area contributed by atoms with Crippen LogP contribution in [0, 0.1) is 12.8 Å². The molecular formula is C13H25O2. The monoisotopic (exact) mass is 213 g/mol. The first kappa shape index (κ1) is 13.0. The lowest BCUT2D eigenvalue weighted by molar-refractivity contribution is -0.0929. The van der Waals surface area contributed by atoms with E-state index in [2.05, 4.69) is 20.8 Å². The van der Waals surface area contributed by atoms with Gasteiger partial charge in [-0.1, -0.05) is 27.2 Å². The fraction of sp³-hybridized carbons (Fsp3) is 0.923. The molecule has 1 aliphatic heterocycles. The van der Waals surface area contributed by atoms with E-state index in [0.29, 0.717) is 18.1 Å². The predicted octanol–water partition coefficient (Wildman–Crippen LogP) is 3.21. The summed E-state index contributed by atoms with van der Waals surface area (Å²) in [4.78, 5) is 0. The van der Waals surface area contributed by atoms with Crippen molar-refractivity contribution in [1.29, 1.82) is 0 Å². The SMILES string of the molecule is [CH2]CC(CC(C)C1CCO1)OCCCC. The molecule has 0 aromatic rings. The number of hydrogen-bond donors (Lipinski definition) is 0. The zero-order valence-electron chi connectivity index (χ0n) is 10.2. The average Bonchev–Trinajstić information content (AvgIpc) is 2.13. The average molecular weight is 213 g/mol. The molecule has 1 heterocycles. The van der Waals surface area contributed by atoms with E-state index < -0.39 is 0 Å². The Morgan fingerprint density at radius 3 is 2.73 bits per heavy atom. The Hall–Kier alpha value is -0.0800. The third kappa shape index (κ3) is 4.52. The van der Waals surface area contributed by atoms with Crippen LogP contribution in [0.2, 0.25) is 0 Å². The van der Waals surface area contributed by atoms with Gasteiger partial charge in [-0.15, -0.1) is 0 Å². The van der Waals surface area contributed by atoms with Crippen molar-refractivity contribution >= 4 is 0 Å². The molecule has 0 N–H and O–H groups in total. The van der Waals surface area contributed by atoms with Crippen LogP contribution in [-0.2, 0) is 9.47 Å². The largest absolute Gasteiger partial charge is 0.378 e. The van der Waals surface area contributed by atoms with Crippen LogP contribution in [0.15, 0.2) is 0 Å². The lowest BCUT2D eigenvalue weighted by Crippen LogP contribution is -2.35. The molecule has 3 atom stereocenters. The highest BCUT2D eigenvalue weighted by Crippen LogP contribution is 2.25. The Morgan fingerprint density at radius 1 is 1.53 bits per heavy atom. The van der Waals surface area contributed by atoms with Gasteiger partial charge in [-0.05, 0) is 31.6 Å². The summed E-state index contributed by atoms with van der Waals surface area (Å²) in [5.74, 6) is 0.618. The van der Waals surface area contributed by atoms with Gasteiger partial charge in [0, 0.05) is 13.2 Å². The van der Waals surface area contributed by atoms with E-state index in [1.807, 2.05) is 0 Å². The molecule has 89 valence electrons. The van der Waals surface area contributed by atoms with E-state index in [4.69, 9.17) is 9.47 Å². The number of unbranched alkanes of at least 4 members (excludes halogenated alkanes) is 1. The molecule has 0 aliphatic carbocycles. The topological polar surface area (TPSA) is 18.5 Å². The van der Waals surface area contributed by atoms with Crippen LogP contribution in [0.5, 0.6) is 0 Å². The van der Waals surface area contributed by atoms with Crippen LogP contribution in [0.4, 0.5) is 0 Å². The molecule has 1 aliphatic rings. The first-order chi connectivity index (χ1) is 7.27. The maximum atomic E-state index is 5.80. The Morgan fingerprint density at radius 2 is 2.27 bits per heavy atom. The van der Waals surface area contributed by atoms with Crippen molar-refractivity contribution in [1.82, 2.24) is 0 Å². The molecule has 2 heteroatoms. The van der Waals surface area contributed by atoms with Gasteiger partial charge in [0.1, 0.15) is 0 Å². The van der Waals surface area contributed by atoms with Gasteiger partial charge in [-0.25, -0.2) is 0 Å². The number of hydrogen-bond acceptors (Lipinski definition) is 2. The Balaban J connectivity index is 2.13. The minimum atomic E-state index is 0.329. The highest BCUT2D eigenvalue weighted by molar-refractivity contribution is 4.76. The van der Waals surface area contributed by atoms with Gasteiger partial charge < -0.3 is 9.47 Å². The summed E-state index contributed by atoms with van der Waals surface area (Å²) in [5.41, 5.74) is 0. The van der Waals surface area contributed by atoms with Crippen LogP contribution >= 0.6 is 0 Å². The van der Waals surface area contributed by atoms with Gasteiger partial charge in [0.2, 0.25) is 0 Å². The van der Waals surface area contributed by atoms with Gasteiger partial charge >= 0.3 is 0 Å². The summed E-state index contributed by atoms with van der Waals surface area (Å²) in [6.45, 7) is 10.2. The van der Waals surface area contributed by atoms with E-state index >= 15 is 0 Å². The van der Waals surface area contributed by atoms with Crippen molar-refractivity contribution in [3.63, 3.8) is 0 Å². The fourth-order valence-electron chi connectivity index (χ4n) is 1.93. The van der Waals surface area contributed by atoms with E-state index in [1.54, 1.807) is 0 Å². The second-order valence-electron chi connectivity index (χ2n) is 4.55. The minimum Gasteiger partial charge on any atom is -0.378 e. The molecule has 0 spiro atoms. The molecule has 3 unspecified atom stereocenters. The Bertz CT molecular complexity index is 155. The van der Waals surface area contributed by atoms with Gasteiger partial charge in [0.25, 0.3) is 0 Å². The molecule has 1 saturated heterocycles. The minimum absolute atomic E-state index is 0.329. The van der Waals surface area contributed by atoms with E-state index in [0.717, 1.165) is 32.5 Å². The lowest BCUT2D eigenvalue weighted by atomic mass is 9.92. The van der Waals surface area contributed by atoms with Crippen LogP contribution < -0.4 is 0 Å². The van der Waals surface area contributed by atoms with Crippen LogP contribution in [0.1, 0.15) is 46.0 Å². The van der Waals surface area contributed by atoms with Gasteiger partial charge in [-0.3, -0.25) is 0 Å². The molecule has 1 radical (unpaired) electrons. The van der Waals surface area contributed by atoms with Crippen LogP contribution in [0.3, 0.4) is 0 Å². The maximum Gasteiger partial charge on any atom is 0.0623 e. The lowest BCUT2D eigenvalue weighted by Gasteiger charge is -2.33. The van der Waals surface area contributed by atoms with Gasteiger partial charge in [0.15, 0.2) is 0 Å². The zero-order valence-corrected chi connectivity index (χ0v) is 10.2. The van der Waals surface area contributed by atoms with Gasteiger partial charge in [0.05, 0.1) is 12.2 Å². The third-order valence-electron chi connectivity index (χ3n) is 3.18. The smallest absolute Gasteiger partial charge is 0.0623 e. The van der Waals surface area contributed by atoms with Crippen molar-refractivity contribution in [2.75, 3.05) is 13.2 Å². The molecule has 0 aromatic heterocycles. The molecule has 0 amide bonds. The standard InChI is InChI=1S/C13H25O2/c1-4-6-8-14-12(5-2)10-11(3)13-7-9-15-13/h11-13H,2,4-10H2,1,3H3. The molecular weight excluding hydrogens is 188 g/mol. The summed E-state index contributed by atoms with van der Waals surface area (Å²) in [7, 11) is 0. The molecule has 1 rings (SSSR count). The van der Waals surface area contributed by atoms with Crippen LogP contribution in [0.25, 0.3) is 0 Å². The van der Waals surface area contributed by atoms with E-state index in [9.17, 15) is 0 Å². The number of ether oxygens (including phenoxy) is 2. The Labute approximate surface area is 94.3 Å². The van der Waals surface area contributed by atoms with E-state index in [1.165, 1.54) is 12.8 Å². The summed E-state index contributed by atoms with van der Waals surface area (Å²) >= 11 is 0. The molecule has 0 aromatic carbocycles. The predicted molar refractivity (Wildman–Crippen MR) is 62.8 cm³/mol. The second kappa shape index (κ2) is 7.24. The van der Waals surface area contributed by atoms with E-state index in [-0.39, 0.29) is 0 Å². The number of rotatable bonds is 8. The quantitative estimate of drug-likeness (QED) is 0.576. The third-order valence-corrected chi connectivity index (χ3v) is 3.18. The molecule has 15 heavy (non-hydrogen) atoms. The highest BCUT2D eigenvalue weighted by atomic mass is 16.5. The summed E-state index contributed by atoms with van der Waals surface area (Å²) in [5, 5.41) is 0. The summed E-state index contributed by atoms with van der Waals surface area (Å²) < 4.78 is 11.3. The Kier molecular flexibility index (Phi) is 6.26. The van der Waals surface area contributed by atoms with Gasteiger partial charge in [-0.2, -0.15) is 0 Å². The summed E-state index contributed by atoms with van der Waals surface area (Å²) in [6, 6.07) is 0. The van der Waals surface area contributed by atoms with Crippen molar-refractivity contribution in [2.24, 2.45) is 5.92 Å². The van der Waals surface area contributed by atoms with Crippen molar-refractivity contribution in [3.8, 4) is 0 Å². The second-order valence-corrected chi connectivity index (χ2v) is 4.55. The molecule has 1 fully saturated rings.